The molecule has 1 atom stereocenters. The second-order valence-electron chi connectivity index (χ2n) is 2.57. The van der Waals surface area contributed by atoms with E-state index >= 15 is 0 Å². The fourth-order valence-corrected chi connectivity index (χ4v) is 1.34. The van der Waals surface area contributed by atoms with Crippen molar-refractivity contribution in [3.05, 3.63) is 0 Å². The number of hydrogen-bond donors (Lipinski definition) is 2. The molecule has 1 aliphatic rings. The molecule has 0 amide bonds. The summed E-state index contributed by atoms with van der Waals surface area (Å²) in [6.45, 7) is 0.795. The Morgan fingerprint density at radius 3 is 2.83 bits per heavy atom. The maximum atomic E-state index is 11.0. The molecule has 1 saturated heterocycles. The highest BCUT2D eigenvalue weighted by Crippen LogP contribution is 2.05. The molecule has 70 valence electrons. The Kier molecular flexibility index (Phi) is 3.48. The van der Waals surface area contributed by atoms with Crippen molar-refractivity contribution in [1.82, 2.24) is 5.32 Å². The van der Waals surface area contributed by atoms with Gasteiger partial charge in [-0.05, 0) is 19.4 Å². The van der Waals surface area contributed by atoms with Crippen LogP contribution < -0.4 is 5.32 Å². The average Bonchev–Trinajstić information content (AvgIpc) is 2.51. The fraction of sp³-hybridized carbons (Fsp3) is 0.833. The summed E-state index contributed by atoms with van der Waals surface area (Å²) in [5.74, 6) is -0.974. The van der Waals surface area contributed by atoms with Crippen LogP contribution in [0, 0.1) is 0 Å². The van der Waals surface area contributed by atoms with E-state index in [1.54, 1.807) is 0 Å². The smallest absolute Gasteiger partial charge is 0.324 e. The summed E-state index contributed by atoms with van der Waals surface area (Å²) >= 11 is 0. The number of esters is 1. The largest absolute Gasteiger partial charge is 0.448 e. The Balaban J connectivity index is 2.27. The van der Waals surface area contributed by atoms with E-state index in [1.165, 1.54) is 0 Å². The first-order valence-electron chi connectivity index (χ1n) is 3.72. The minimum absolute atomic E-state index is 0.306. The topological polar surface area (TPSA) is 72.5 Å². The molecule has 0 saturated carbocycles. The third kappa shape index (κ3) is 2.78. The van der Waals surface area contributed by atoms with Crippen molar-refractivity contribution in [2.75, 3.05) is 12.5 Å². The molecule has 0 aromatic heterocycles. The standard InChI is InChI=1S/C6H11NO4S/c8-6(11-4-12(9)10)5-2-1-3-7-5/h5,7,12H,1-4H2. The van der Waals surface area contributed by atoms with Gasteiger partial charge in [0.05, 0.1) is 0 Å². The molecular weight excluding hydrogens is 182 g/mol. The molecule has 12 heavy (non-hydrogen) atoms. The van der Waals surface area contributed by atoms with E-state index < -0.39 is 22.6 Å². The maximum absolute atomic E-state index is 11.0. The lowest BCUT2D eigenvalue weighted by Gasteiger charge is -2.06. The van der Waals surface area contributed by atoms with Gasteiger partial charge in [0.25, 0.3) is 0 Å². The van der Waals surface area contributed by atoms with Gasteiger partial charge >= 0.3 is 5.97 Å². The molecular formula is C6H11NO4S. The van der Waals surface area contributed by atoms with Gasteiger partial charge in [0.1, 0.15) is 6.04 Å². The van der Waals surface area contributed by atoms with E-state index in [-0.39, 0.29) is 6.04 Å². The number of carbonyl (C=O) groups excluding carboxylic acids is 1. The van der Waals surface area contributed by atoms with Crippen molar-refractivity contribution in [1.29, 1.82) is 0 Å². The van der Waals surface area contributed by atoms with E-state index in [0.717, 1.165) is 19.4 Å². The summed E-state index contributed by atoms with van der Waals surface area (Å²) in [7, 11) is -2.62. The first kappa shape index (κ1) is 9.47. The Hall–Kier alpha value is -0.620. The van der Waals surface area contributed by atoms with Gasteiger partial charge in [-0.1, -0.05) is 0 Å². The molecule has 1 heterocycles. The quantitative estimate of drug-likeness (QED) is 0.437. The Bertz CT molecular complexity index is 224. The first-order valence-corrected chi connectivity index (χ1v) is 5.08. The summed E-state index contributed by atoms with van der Waals surface area (Å²) in [6.07, 6.45) is 1.66. The predicted molar refractivity (Wildman–Crippen MR) is 42.3 cm³/mol. The van der Waals surface area contributed by atoms with E-state index in [4.69, 9.17) is 0 Å². The SMILES string of the molecule is O=C(OC[SH](=O)=O)C1CCCN1. The first-order chi connectivity index (χ1) is 5.70. The summed E-state index contributed by atoms with van der Waals surface area (Å²) in [6, 6.07) is -0.306. The molecule has 0 bridgehead atoms. The van der Waals surface area contributed by atoms with Crippen molar-refractivity contribution in [3.63, 3.8) is 0 Å². The lowest BCUT2D eigenvalue weighted by molar-refractivity contribution is -0.143. The van der Waals surface area contributed by atoms with Crippen LogP contribution in [0.2, 0.25) is 0 Å². The molecule has 1 rings (SSSR count). The Morgan fingerprint density at radius 1 is 1.58 bits per heavy atom. The molecule has 0 aliphatic carbocycles. The monoisotopic (exact) mass is 193 g/mol. The molecule has 1 fully saturated rings. The van der Waals surface area contributed by atoms with Crippen LogP contribution in [0.1, 0.15) is 12.8 Å². The molecule has 0 radical (unpaired) electrons. The second kappa shape index (κ2) is 4.42. The van der Waals surface area contributed by atoms with E-state index in [0.29, 0.717) is 0 Å². The van der Waals surface area contributed by atoms with Gasteiger partial charge in [0, 0.05) is 0 Å². The second-order valence-corrected chi connectivity index (χ2v) is 3.50. The third-order valence-electron chi connectivity index (χ3n) is 1.66. The number of rotatable bonds is 3. The van der Waals surface area contributed by atoms with E-state index in [2.05, 4.69) is 10.1 Å². The van der Waals surface area contributed by atoms with Crippen LogP contribution in [0.15, 0.2) is 0 Å². The minimum Gasteiger partial charge on any atom is -0.448 e. The third-order valence-corrected chi connectivity index (χ3v) is 2.00. The molecule has 1 N–H and O–H groups in total. The average molecular weight is 193 g/mol. The van der Waals surface area contributed by atoms with Gasteiger partial charge in [0.2, 0.25) is 0 Å². The summed E-state index contributed by atoms with van der Waals surface area (Å²) in [5, 5.41) is 2.91. The van der Waals surface area contributed by atoms with Crippen molar-refractivity contribution < 1.29 is 17.9 Å². The van der Waals surface area contributed by atoms with Crippen LogP contribution in [-0.4, -0.2) is 32.9 Å². The van der Waals surface area contributed by atoms with Gasteiger partial charge in [-0.25, -0.2) is 8.42 Å². The number of hydrogen-bond acceptors (Lipinski definition) is 5. The minimum atomic E-state index is -2.62. The van der Waals surface area contributed by atoms with Crippen molar-refractivity contribution >= 4 is 16.7 Å². The summed E-state index contributed by atoms with van der Waals surface area (Å²) < 4.78 is 24.6. The van der Waals surface area contributed by atoms with Crippen molar-refractivity contribution in [2.24, 2.45) is 0 Å². The van der Waals surface area contributed by atoms with Crippen LogP contribution in [0.25, 0.3) is 0 Å². The normalized spacial score (nSPS) is 22.9. The van der Waals surface area contributed by atoms with E-state index in [9.17, 15) is 13.2 Å². The van der Waals surface area contributed by atoms with Crippen molar-refractivity contribution in [2.45, 2.75) is 18.9 Å². The Labute approximate surface area is 72.0 Å². The van der Waals surface area contributed by atoms with Crippen LogP contribution in [0.4, 0.5) is 0 Å². The number of carbonyl (C=O) groups is 1. The summed E-state index contributed by atoms with van der Waals surface area (Å²) in [5.41, 5.74) is 0. The zero-order valence-electron chi connectivity index (χ0n) is 6.49. The zero-order chi connectivity index (χ0) is 8.97. The molecule has 1 aliphatic heterocycles. The van der Waals surface area contributed by atoms with Crippen LogP contribution >= 0.6 is 0 Å². The molecule has 1 unspecified atom stereocenters. The lowest BCUT2D eigenvalue weighted by Crippen LogP contribution is -2.32. The zero-order valence-corrected chi connectivity index (χ0v) is 7.38. The van der Waals surface area contributed by atoms with Crippen LogP contribution in [-0.2, 0) is 20.2 Å². The number of ether oxygens (including phenoxy) is 1. The molecule has 5 nitrogen and oxygen atoms in total. The van der Waals surface area contributed by atoms with Crippen molar-refractivity contribution in [3.8, 4) is 0 Å². The van der Waals surface area contributed by atoms with Crippen LogP contribution in [0.3, 0.4) is 0 Å². The van der Waals surface area contributed by atoms with Gasteiger partial charge in [-0.15, -0.1) is 0 Å². The summed E-state index contributed by atoms with van der Waals surface area (Å²) in [4.78, 5) is 11.0. The van der Waals surface area contributed by atoms with E-state index in [1.807, 2.05) is 0 Å². The fourth-order valence-electron chi connectivity index (χ4n) is 1.10. The highest BCUT2D eigenvalue weighted by molar-refractivity contribution is 7.72. The lowest BCUT2D eigenvalue weighted by atomic mass is 10.2. The highest BCUT2D eigenvalue weighted by atomic mass is 32.2. The predicted octanol–water partition coefficient (Wildman–Crippen LogP) is -1.15. The highest BCUT2D eigenvalue weighted by Gasteiger charge is 2.23. The van der Waals surface area contributed by atoms with Gasteiger partial charge in [-0.2, -0.15) is 0 Å². The van der Waals surface area contributed by atoms with Crippen LogP contribution in [0.5, 0.6) is 0 Å². The van der Waals surface area contributed by atoms with Gasteiger partial charge in [-0.3, -0.25) is 4.79 Å². The maximum Gasteiger partial charge on any atom is 0.324 e. The number of nitrogens with one attached hydrogen (secondary N) is 1. The van der Waals surface area contributed by atoms with Gasteiger partial charge < -0.3 is 10.1 Å². The molecule has 0 spiro atoms. The molecule has 0 aromatic carbocycles. The Morgan fingerprint density at radius 2 is 2.33 bits per heavy atom. The van der Waals surface area contributed by atoms with Gasteiger partial charge in [0.15, 0.2) is 16.6 Å². The molecule has 0 aromatic rings. The number of thiol groups is 1. The molecule has 6 heteroatoms.